The maximum atomic E-state index is 15.3. The van der Waals surface area contributed by atoms with Crippen LogP contribution in [0.2, 0.25) is 0 Å². The van der Waals surface area contributed by atoms with Crippen molar-refractivity contribution in [1.29, 1.82) is 0 Å². The summed E-state index contributed by atoms with van der Waals surface area (Å²) in [4.78, 5) is 2.19. The molecule has 0 amide bonds. The Kier molecular flexibility index (Phi) is 4.58. The minimum absolute atomic E-state index is 0.300. The first-order valence-electron chi connectivity index (χ1n) is 10.4. The molecule has 7 nitrogen and oxygen atoms in total. The van der Waals surface area contributed by atoms with Crippen LogP contribution in [0.4, 0.5) is 26.0 Å². The second kappa shape index (κ2) is 7.19. The van der Waals surface area contributed by atoms with Crippen molar-refractivity contribution in [3.8, 4) is 0 Å². The molecule has 1 saturated heterocycles. The van der Waals surface area contributed by atoms with E-state index in [1.165, 1.54) is 6.07 Å². The van der Waals surface area contributed by atoms with E-state index in [1.54, 1.807) is 41.8 Å². The highest BCUT2D eigenvalue weighted by molar-refractivity contribution is 5.95. The fraction of sp³-hybridized carbons (Fsp3) is 0.364. The van der Waals surface area contributed by atoms with Gasteiger partial charge < -0.3 is 15.5 Å². The normalized spacial score (nSPS) is 19.5. The molecule has 9 heteroatoms. The van der Waals surface area contributed by atoms with Crippen molar-refractivity contribution in [2.24, 2.45) is 14.1 Å². The predicted octanol–water partition coefficient (Wildman–Crippen LogP) is 3.67. The maximum Gasteiger partial charge on any atom is 0.163 e. The van der Waals surface area contributed by atoms with Crippen molar-refractivity contribution in [2.75, 3.05) is 23.3 Å². The van der Waals surface area contributed by atoms with E-state index in [1.807, 2.05) is 6.07 Å². The summed E-state index contributed by atoms with van der Waals surface area (Å²) in [5.74, 6) is -0.443. The predicted molar refractivity (Wildman–Crippen MR) is 119 cm³/mol. The molecule has 0 radical (unpaired) electrons. The highest BCUT2D eigenvalue weighted by Gasteiger charge is 2.24. The number of aromatic nitrogens is 4. The molecule has 2 aromatic heterocycles. The lowest BCUT2D eigenvalue weighted by Gasteiger charge is -2.37. The van der Waals surface area contributed by atoms with Gasteiger partial charge >= 0.3 is 0 Å². The molecule has 0 aliphatic carbocycles. The fourth-order valence-corrected chi connectivity index (χ4v) is 4.55. The van der Waals surface area contributed by atoms with E-state index in [0.717, 1.165) is 18.8 Å². The number of hydrogen-bond acceptors (Lipinski definition) is 5. The van der Waals surface area contributed by atoms with Crippen LogP contribution in [0.3, 0.4) is 0 Å². The summed E-state index contributed by atoms with van der Waals surface area (Å²) in [5, 5.41) is 16.2. The van der Waals surface area contributed by atoms with Crippen molar-refractivity contribution in [1.82, 2.24) is 24.9 Å². The van der Waals surface area contributed by atoms with Gasteiger partial charge in [0, 0.05) is 62.2 Å². The average molecular weight is 425 g/mol. The van der Waals surface area contributed by atoms with Crippen LogP contribution in [0.15, 0.2) is 30.5 Å². The van der Waals surface area contributed by atoms with Crippen LogP contribution in [-0.2, 0) is 14.1 Å². The number of piperazine rings is 1. The first-order valence-corrected chi connectivity index (χ1v) is 10.4. The molecule has 1 aliphatic rings. The van der Waals surface area contributed by atoms with Gasteiger partial charge in [0.15, 0.2) is 11.6 Å². The lowest BCUT2D eigenvalue weighted by Crippen LogP contribution is -2.54. The average Bonchev–Trinajstić information content (AvgIpc) is 3.21. The number of anilines is 3. The third-order valence-corrected chi connectivity index (χ3v) is 5.75. The number of hydrogen-bond donors (Lipinski definition) is 2. The monoisotopic (exact) mass is 425 g/mol. The van der Waals surface area contributed by atoms with Crippen LogP contribution in [0.1, 0.15) is 13.8 Å². The van der Waals surface area contributed by atoms with Gasteiger partial charge in [0.25, 0.3) is 0 Å². The van der Waals surface area contributed by atoms with Crippen molar-refractivity contribution in [3.63, 3.8) is 0 Å². The Morgan fingerprint density at radius 1 is 1.00 bits per heavy atom. The SMILES string of the molecule is C[C@H]1CN(c2cc(F)c3c(Nc4cc(F)c5nn(C)cc5c4)nn(C)c3c2)C[C@H](C)N1. The van der Waals surface area contributed by atoms with Gasteiger partial charge in [-0.2, -0.15) is 10.2 Å². The standard InChI is InChI=1S/C22H25F2N7/c1-12-9-31(10-13(2)25-12)16-7-17(23)20-19(8-16)30(4)28-22(20)26-15-5-14-11-29(3)27-21(14)18(24)6-15/h5-8,11-13,25H,9-10H2,1-4H3,(H,26,28)/t12-,13-/m0/s1. The van der Waals surface area contributed by atoms with E-state index in [4.69, 9.17) is 0 Å². The molecule has 2 N–H and O–H groups in total. The van der Waals surface area contributed by atoms with Crippen molar-refractivity contribution >= 4 is 39.0 Å². The first kappa shape index (κ1) is 19.7. The molecule has 2 atom stereocenters. The van der Waals surface area contributed by atoms with Gasteiger partial charge in [0.1, 0.15) is 11.3 Å². The van der Waals surface area contributed by atoms with Crippen molar-refractivity contribution < 1.29 is 8.78 Å². The lowest BCUT2D eigenvalue weighted by atomic mass is 10.1. The summed E-state index contributed by atoms with van der Waals surface area (Å²) in [6, 6.07) is 7.30. The van der Waals surface area contributed by atoms with Gasteiger partial charge in [-0.1, -0.05) is 0 Å². The number of fused-ring (bicyclic) bond motifs is 2. The number of rotatable bonds is 3. The minimum Gasteiger partial charge on any atom is -0.368 e. The zero-order valence-electron chi connectivity index (χ0n) is 17.9. The summed E-state index contributed by atoms with van der Waals surface area (Å²) < 4.78 is 33.0. The highest BCUT2D eigenvalue weighted by atomic mass is 19.1. The highest BCUT2D eigenvalue weighted by Crippen LogP contribution is 2.33. The first-order chi connectivity index (χ1) is 14.8. The Hall–Kier alpha value is -3.20. The zero-order valence-corrected chi connectivity index (χ0v) is 17.9. The molecule has 1 fully saturated rings. The Bertz CT molecular complexity index is 1280. The second-order valence-corrected chi connectivity index (χ2v) is 8.49. The summed E-state index contributed by atoms with van der Waals surface area (Å²) >= 11 is 0. The van der Waals surface area contributed by atoms with Crippen molar-refractivity contribution in [2.45, 2.75) is 25.9 Å². The molecule has 5 rings (SSSR count). The largest absolute Gasteiger partial charge is 0.368 e. The van der Waals surface area contributed by atoms with Crippen LogP contribution in [0, 0.1) is 11.6 Å². The van der Waals surface area contributed by atoms with Gasteiger partial charge in [-0.3, -0.25) is 9.36 Å². The minimum atomic E-state index is -0.439. The Morgan fingerprint density at radius 2 is 1.74 bits per heavy atom. The lowest BCUT2D eigenvalue weighted by molar-refractivity contribution is 0.407. The van der Waals surface area contributed by atoms with E-state index in [2.05, 4.69) is 39.6 Å². The van der Waals surface area contributed by atoms with Crippen LogP contribution >= 0.6 is 0 Å². The summed E-state index contributed by atoms with van der Waals surface area (Å²) in [6.07, 6.45) is 1.74. The fourth-order valence-electron chi connectivity index (χ4n) is 4.55. The molecule has 2 aromatic carbocycles. The van der Waals surface area contributed by atoms with E-state index >= 15 is 4.39 Å². The van der Waals surface area contributed by atoms with Gasteiger partial charge in [-0.25, -0.2) is 8.78 Å². The maximum absolute atomic E-state index is 15.3. The summed E-state index contributed by atoms with van der Waals surface area (Å²) in [5.41, 5.74) is 2.31. The number of halogens is 2. The number of benzene rings is 2. The van der Waals surface area contributed by atoms with Gasteiger partial charge in [0.05, 0.1) is 10.9 Å². The molecular weight excluding hydrogens is 400 g/mol. The Balaban J connectivity index is 1.53. The zero-order chi connectivity index (χ0) is 21.9. The molecule has 31 heavy (non-hydrogen) atoms. The Morgan fingerprint density at radius 3 is 2.48 bits per heavy atom. The molecule has 4 aromatic rings. The van der Waals surface area contributed by atoms with Crippen LogP contribution in [0.25, 0.3) is 21.8 Å². The second-order valence-electron chi connectivity index (χ2n) is 8.49. The van der Waals surface area contributed by atoms with Crippen LogP contribution < -0.4 is 15.5 Å². The van der Waals surface area contributed by atoms with Crippen LogP contribution in [-0.4, -0.2) is 44.7 Å². The van der Waals surface area contributed by atoms with Gasteiger partial charge in [-0.15, -0.1) is 0 Å². The summed E-state index contributed by atoms with van der Waals surface area (Å²) in [7, 11) is 3.52. The van der Waals surface area contributed by atoms with E-state index in [9.17, 15) is 4.39 Å². The van der Waals surface area contributed by atoms with E-state index in [0.29, 0.717) is 45.4 Å². The third-order valence-electron chi connectivity index (χ3n) is 5.75. The smallest absolute Gasteiger partial charge is 0.163 e. The topological polar surface area (TPSA) is 62.9 Å². The third kappa shape index (κ3) is 3.48. The van der Waals surface area contributed by atoms with E-state index in [-0.39, 0.29) is 5.82 Å². The molecule has 0 saturated carbocycles. The molecule has 0 unspecified atom stereocenters. The molecule has 3 heterocycles. The molecule has 0 bridgehead atoms. The number of aryl methyl sites for hydroxylation is 2. The summed E-state index contributed by atoms with van der Waals surface area (Å²) in [6.45, 7) is 5.87. The quantitative estimate of drug-likeness (QED) is 0.525. The van der Waals surface area contributed by atoms with Gasteiger partial charge in [-0.05, 0) is 38.1 Å². The molecule has 162 valence electrons. The molecular formula is C22H25F2N7. The van der Waals surface area contributed by atoms with E-state index < -0.39 is 5.82 Å². The molecule has 1 aliphatic heterocycles. The number of nitrogens with one attached hydrogen (secondary N) is 2. The van der Waals surface area contributed by atoms with Crippen LogP contribution in [0.5, 0.6) is 0 Å². The van der Waals surface area contributed by atoms with Crippen molar-refractivity contribution in [3.05, 3.63) is 42.1 Å². The molecule has 0 spiro atoms. The Labute approximate surface area is 178 Å². The van der Waals surface area contributed by atoms with Gasteiger partial charge in [0.2, 0.25) is 0 Å². The number of nitrogens with zero attached hydrogens (tertiary/aromatic N) is 5.